The molecular formula is C15H22BN. The van der Waals surface area contributed by atoms with Crippen LogP contribution in [0.5, 0.6) is 0 Å². The average molecular weight is 227 g/mol. The molecule has 0 amide bonds. The quantitative estimate of drug-likeness (QED) is 0.672. The van der Waals surface area contributed by atoms with Crippen LogP contribution in [-0.2, 0) is 12.9 Å². The van der Waals surface area contributed by atoms with E-state index in [1.807, 2.05) is 0 Å². The molecule has 0 aliphatic carbocycles. The molecule has 0 radical (unpaired) electrons. The second-order valence-corrected chi connectivity index (χ2v) is 4.84. The van der Waals surface area contributed by atoms with Gasteiger partial charge in [0, 0.05) is 11.2 Å². The Kier molecular flexibility index (Phi) is 3.93. The second-order valence-electron chi connectivity index (χ2n) is 4.84. The van der Waals surface area contributed by atoms with E-state index in [1.165, 1.54) is 35.7 Å². The smallest absolute Gasteiger partial charge is 0.163 e. The van der Waals surface area contributed by atoms with Gasteiger partial charge in [0.25, 0.3) is 0 Å². The molecule has 0 aliphatic heterocycles. The van der Waals surface area contributed by atoms with E-state index in [9.17, 15) is 0 Å². The van der Waals surface area contributed by atoms with Crippen LogP contribution in [0.25, 0.3) is 10.9 Å². The molecule has 0 N–H and O–H groups in total. The second kappa shape index (κ2) is 5.44. The van der Waals surface area contributed by atoms with E-state index in [2.05, 4.69) is 55.7 Å². The third kappa shape index (κ3) is 2.41. The maximum Gasteiger partial charge on any atom is 0.163 e. The van der Waals surface area contributed by atoms with Crippen LogP contribution in [0, 0.1) is 0 Å². The van der Waals surface area contributed by atoms with Crippen molar-refractivity contribution in [2.75, 3.05) is 0 Å². The van der Waals surface area contributed by atoms with E-state index in [-0.39, 0.29) is 0 Å². The summed E-state index contributed by atoms with van der Waals surface area (Å²) in [5.41, 5.74) is 2.87. The van der Waals surface area contributed by atoms with Crippen LogP contribution in [-0.4, -0.2) is 11.3 Å². The van der Waals surface area contributed by atoms with Crippen LogP contribution >= 0.6 is 0 Å². The molecule has 0 saturated carbocycles. The molecule has 2 aromatic rings. The van der Waals surface area contributed by atoms with Crippen LogP contribution in [0.2, 0.25) is 12.6 Å². The predicted molar refractivity (Wildman–Crippen MR) is 78.0 cm³/mol. The summed E-state index contributed by atoms with van der Waals surface area (Å²) in [5, 5.41) is 1.38. The summed E-state index contributed by atoms with van der Waals surface area (Å²) in [7, 11) is 0. The molecule has 0 atom stereocenters. The third-order valence-electron chi connectivity index (χ3n) is 3.85. The fourth-order valence-corrected chi connectivity index (χ4v) is 2.58. The van der Waals surface area contributed by atoms with Crippen molar-refractivity contribution >= 4 is 17.6 Å². The molecule has 2 rings (SSSR count). The van der Waals surface area contributed by atoms with Crippen LogP contribution in [0.1, 0.15) is 26.5 Å². The molecule has 0 spiro atoms. The zero-order chi connectivity index (χ0) is 12.3. The number of hydrogen-bond acceptors (Lipinski definition) is 0. The first-order chi connectivity index (χ1) is 8.30. The van der Waals surface area contributed by atoms with Gasteiger partial charge in [-0.15, -0.1) is 0 Å². The first-order valence-electron chi connectivity index (χ1n) is 6.87. The molecule has 2 heteroatoms. The summed E-state index contributed by atoms with van der Waals surface area (Å²) in [6.45, 7) is 7.64. The zero-order valence-electron chi connectivity index (χ0n) is 11.2. The van der Waals surface area contributed by atoms with Crippen molar-refractivity contribution in [3.8, 4) is 0 Å². The highest BCUT2D eigenvalue weighted by atomic mass is 15.0. The summed E-state index contributed by atoms with van der Waals surface area (Å²) < 4.78 is 2.52. The molecule has 17 heavy (non-hydrogen) atoms. The fourth-order valence-electron chi connectivity index (χ4n) is 2.58. The molecule has 1 heterocycles. The van der Waals surface area contributed by atoms with Crippen molar-refractivity contribution < 1.29 is 0 Å². The van der Waals surface area contributed by atoms with Crippen molar-refractivity contribution in [1.29, 1.82) is 0 Å². The van der Waals surface area contributed by atoms with Gasteiger partial charge in [-0.2, -0.15) is 0 Å². The first-order valence-corrected chi connectivity index (χ1v) is 6.87. The number of aryl methyl sites for hydroxylation is 1. The van der Waals surface area contributed by atoms with Crippen molar-refractivity contribution in [3.05, 3.63) is 36.0 Å². The first kappa shape index (κ1) is 12.3. The van der Waals surface area contributed by atoms with Gasteiger partial charge in [-0.3, -0.25) is 0 Å². The highest BCUT2D eigenvalue weighted by Crippen LogP contribution is 2.21. The molecular weight excluding hydrogens is 205 g/mol. The van der Waals surface area contributed by atoms with Crippen LogP contribution in [0.15, 0.2) is 30.3 Å². The van der Waals surface area contributed by atoms with E-state index in [4.69, 9.17) is 0 Å². The summed E-state index contributed by atoms with van der Waals surface area (Å²) in [4.78, 5) is 0. The molecule has 1 nitrogen and oxygen atoms in total. The van der Waals surface area contributed by atoms with Crippen molar-refractivity contribution in [1.82, 2.24) is 4.57 Å². The SMILES string of the molecule is CCB(CC)Cn1c(CC)cc2ccccc21. The standard InChI is InChI=1S/C15H22BN/c1-4-14-11-13-9-7-8-10-15(13)17(14)12-16(5-2)6-3/h7-11H,4-6,12H2,1-3H3. The number of fused-ring (bicyclic) bond motifs is 1. The van der Waals surface area contributed by atoms with Gasteiger partial charge < -0.3 is 4.57 Å². The number of rotatable bonds is 5. The van der Waals surface area contributed by atoms with Crippen molar-refractivity contribution in [2.24, 2.45) is 0 Å². The lowest BCUT2D eigenvalue weighted by molar-refractivity contribution is 0.820. The number of para-hydroxylation sites is 1. The summed E-state index contributed by atoms with van der Waals surface area (Å²) in [6, 6.07) is 11.1. The number of aromatic nitrogens is 1. The minimum absolute atomic E-state index is 0.802. The maximum atomic E-state index is 2.52. The number of hydrogen-bond donors (Lipinski definition) is 0. The Hall–Kier alpha value is -1.18. The Labute approximate surface area is 105 Å². The Morgan fingerprint density at radius 3 is 2.41 bits per heavy atom. The predicted octanol–water partition coefficient (Wildman–Crippen LogP) is 4.28. The minimum Gasteiger partial charge on any atom is -0.352 e. The topological polar surface area (TPSA) is 4.93 Å². The molecule has 0 saturated heterocycles. The Morgan fingerprint density at radius 2 is 1.76 bits per heavy atom. The third-order valence-corrected chi connectivity index (χ3v) is 3.85. The summed E-state index contributed by atoms with van der Waals surface area (Å²) in [5.74, 6) is 0. The van der Waals surface area contributed by atoms with Gasteiger partial charge >= 0.3 is 0 Å². The molecule has 0 aliphatic rings. The minimum atomic E-state index is 0.802. The lowest BCUT2D eigenvalue weighted by Gasteiger charge is -2.14. The van der Waals surface area contributed by atoms with Crippen molar-refractivity contribution in [2.45, 2.75) is 46.3 Å². The monoisotopic (exact) mass is 227 g/mol. The average Bonchev–Trinajstić information content (AvgIpc) is 2.73. The van der Waals surface area contributed by atoms with Gasteiger partial charge in [-0.25, -0.2) is 0 Å². The maximum absolute atomic E-state index is 2.52. The van der Waals surface area contributed by atoms with Gasteiger partial charge in [-0.1, -0.05) is 51.6 Å². The molecule has 1 aromatic heterocycles. The van der Waals surface area contributed by atoms with Gasteiger partial charge in [0.1, 0.15) is 0 Å². The highest BCUT2D eigenvalue weighted by molar-refractivity contribution is 6.57. The number of benzene rings is 1. The number of nitrogens with zero attached hydrogens (tertiary/aromatic N) is 1. The molecule has 0 bridgehead atoms. The lowest BCUT2D eigenvalue weighted by Crippen LogP contribution is -2.20. The molecule has 1 aromatic carbocycles. The fraction of sp³-hybridized carbons (Fsp3) is 0.467. The Balaban J connectivity index is 2.42. The van der Waals surface area contributed by atoms with Gasteiger partial charge in [0.05, 0.1) is 0 Å². The Bertz CT molecular complexity index is 483. The summed E-state index contributed by atoms with van der Waals surface area (Å²) in [6.07, 6.45) is 4.83. The molecule has 90 valence electrons. The zero-order valence-corrected chi connectivity index (χ0v) is 11.2. The highest BCUT2D eigenvalue weighted by Gasteiger charge is 2.13. The van der Waals surface area contributed by atoms with Gasteiger partial charge in [0.2, 0.25) is 0 Å². The van der Waals surface area contributed by atoms with E-state index in [1.54, 1.807) is 0 Å². The lowest BCUT2D eigenvalue weighted by atomic mass is 9.45. The van der Waals surface area contributed by atoms with E-state index in [0.717, 1.165) is 13.1 Å². The summed E-state index contributed by atoms with van der Waals surface area (Å²) >= 11 is 0. The van der Waals surface area contributed by atoms with Crippen LogP contribution in [0.4, 0.5) is 0 Å². The van der Waals surface area contributed by atoms with E-state index < -0.39 is 0 Å². The van der Waals surface area contributed by atoms with Crippen LogP contribution in [0.3, 0.4) is 0 Å². The molecule has 0 fully saturated rings. The van der Waals surface area contributed by atoms with E-state index in [0.29, 0.717) is 0 Å². The van der Waals surface area contributed by atoms with Crippen molar-refractivity contribution in [3.63, 3.8) is 0 Å². The largest absolute Gasteiger partial charge is 0.352 e. The van der Waals surface area contributed by atoms with E-state index >= 15 is 0 Å². The van der Waals surface area contributed by atoms with Gasteiger partial charge in [0.15, 0.2) is 6.71 Å². The molecule has 0 unspecified atom stereocenters. The van der Waals surface area contributed by atoms with Crippen LogP contribution < -0.4 is 0 Å². The Morgan fingerprint density at radius 1 is 1.06 bits per heavy atom. The van der Waals surface area contributed by atoms with Gasteiger partial charge in [-0.05, 0) is 30.4 Å². The normalized spacial score (nSPS) is 11.0.